The van der Waals surface area contributed by atoms with Crippen LogP contribution >= 0.6 is 0 Å². The fourth-order valence-electron chi connectivity index (χ4n) is 4.44. The van der Waals surface area contributed by atoms with Crippen LogP contribution in [0.4, 0.5) is 28.2 Å². The normalized spacial score (nSPS) is 20.4. The average molecular weight is 481 g/mol. The molecule has 0 unspecified atom stereocenters. The standard InChI is InChI=1S/C23H28F4N6O/c1-16-14-32(21-13-28-20(12-29-21)23(25,26)27)10-11-33(16)22(34)30-19-6-8-31(9-7-19)15-17-2-4-18(24)5-3-17/h2-5,12-13,16,19H,6-11,14-15H2,1H3,(H,30,34)/t16-/m1/s1. The van der Waals surface area contributed by atoms with E-state index in [4.69, 9.17) is 0 Å². The Morgan fingerprint density at radius 3 is 2.35 bits per heavy atom. The van der Waals surface area contributed by atoms with Gasteiger partial charge in [0.2, 0.25) is 0 Å². The summed E-state index contributed by atoms with van der Waals surface area (Å²) in [7, 11) is 0. The largest absolute Gasteiger partial charge is 0.434 e. The van der Waals surface area contributed by atoms with E-state index in [1.807, 2.05) is 11.8 Å². The second-order valence-corrected chi connectivity index (χ2v) is 8.87. The summed E-state index contributed by atoms with van der Waals surface area (Å²) in [5.41, 5.74) is 0.0411. The zero-order valence-electron chi connectivity index (χ0n) is 18.9. The number of nitrogens with one attached hydrogen (secondary N) is 1. The number of nitrogens with zero attached hydrogens (tertiary/aromatic N) is 5. The lowest BCUT2D eigenvalue weighted by Gasteiger charge is -2.41. The molecule has 2 aliphatic heterocycles. The van der Waals surface area contributed by atoms with E-state index >= 15 is 0 Å². The highest BCUT2D eigenvalue weighted by molar-refractivity contribution is 5.75. The van der Waals surface area contributed by atoms with Gasteiger partial charge in [-0.1, -0.05) is 12.1 Å². The minimum atomic E-state index is -4.52. The van der Waals surface area contributed by atoms with Gasteiger partial charge in [0.1, 0.15) is 11.6 Å². The van der Waals surface area contributed by atoms with Crippen molar-refractivity contribution in [2.75, 3.05) is 37.6 Å². The molecule has 0 bridgehead atoms. The van der Waals surface area contributed by atoms with E-state index in [0.717, 1.165) is 50.4 Å². The molecule has 4 rings (SSSR count). The van der Waals surface area contributed by atoms with E-state index in [-0.39, 0.29) is 23.9 Å². The van der Waals surface area contributed by atoms with Crippen LogP contribution in [0.25, 0.3) is 0 Å². The Balaban J connectivity index is 1.23. The number of benzene rings is 1. The van der Waals surface area contributed by atoms with Crippen LogP contribution < -0.4 is 10.2 Å². The van der Waals surface area contributed by atoms with Gasteiger partial charge in [0.05, 0.1) is 12.4 Å². The molecule has 7 nitrogen and oxygen atoms in total. The Bertz CT molecular complexity index is 961. The maximum atomic E-state index is 13.1. The van der Waals surface area contributed by atoms with E-state index in [9.17, 15) is 22.4 Å². The number of urea groups is 1. The Morgan fingerprint density at radius 1 is 1.06 bits per heavy atom. The Kier molecular flexibility index (Phi) is 7.20. The van der Waals surface area contributed by atoms with Crippen LogP contribution in [0.3, 0.4) is 0 Å². The van der Waals surface area contributed by atoms with Crippen molar-refractivity contribution in [1.29, 1.82) is 0 Å². The molecule has 184 valence electrons. The number of hydrogen-bond donors (Lipinski definition) is 1. The number of piperidine rings is 1. The summed E-state index contributed by atoms with van der Waals surface area (Å²) >= 11 is 0. The molecular formula is C23H28F4N6O. The second kappa shape index (κ2) is 10.1. The van der Waals surface area contributed by atoms with Crippen molar-refractivity contribution in [2.24, 2.45) is 0 Å². The molecule has 0 aliphatic carbocycles. The lowest BCUT2D eigenvalue weighted by atomic mass is 10.0. The molecule has 2 aromatic rings. The monoisotopic (exact) mass is 480 g/mol. The highest BCUT2D eigenvalue weighted by Gasteiger charge is 2.34. The highest BCUT2D eigenvalue weighted by atomic mass is 19.4. The van der Waals surface area contributed by atoms with Crippen molar-refractivity contribution in [3.05, 3.63) is 53.7 Å². The van der Waals surface area contributed by atoms with Gasteiger partial charge in [-0.05, 0) is 37.5 Å². The van der Waals surface area contributed by atoms with Gasteiger partial charge < -0.3 is 15.1 Å². The average Bonchev–Trinajstić information content (AvgIpc) is 2.81. The number of anilines is 1. The first-order valence-corrected chi connectivity index (χ1v) is 11.4. The molecule has 2 amide bonds. The van der Waals surface area contributed by atoms with E-state index in [2.05, 4.69) is 20.2 Å². The van der Waals surface area contributed by atoms with Crippen LogP contribution in [0, 0.1) is 5.82 Å². The van der Waals surface area contributed by atoms with E-state index in [0.29, 0.717) is 25.5 Å². The molecule has 11 heteroatoms. The SMILES string of the molecule is C[C@@H]1CN(c2cnc(C(F)(F)F)cn2)CCN1C(=O)NC1CCN(Cc2ccc(F)cc2)CC1. The third-order valence-corrected chi connectivity index (χ3v) is 6.38. The molecule has 0 saturated carbocycles. The van der Waals surface area contributed by atoms with E-state index < -0.39 is 11.9 Å². The first-order valence-electron chi connectivity index (χ1n) is 11.4. The van der Waals surface area contributed by atoms with Gasteiger partial charge >= 0.3 is 12.2 Å². The summed E-state index contributed by atoms with van der Waals surface area (Å²) in [6.07, 6.45) is -0.982. The molecule has 1 aromatic carbocycles. The first-order chi connectivity index (χ1) is 16.2. The van der Waals surface area contributed by atoms with Gasteiger partial charge in [0.25, 0.3) is 0 Å². The molecule has 0 spiro atoms. The van der Waals surface area contributed by atoms with Crippen LogP contribution in [0.2, 0.25) is 0 Å². The van der Waals surface area contributed by atoms with Crippen molar-refractivity contribution in [3.8, 4) is 0 Å². The van der Waals surface area contributed by atoms with Gasteiger partial charge in [-0.3, -0.25) is 4.90 Å². The number of likely N-dealkylation sites (tertiary alicyclic amines) is 1. The summed E-state index contributed by atoms with van der Waals surface area (Å²) in [6, 6.07) is 6.35. The van der Waals surface area contributed by atoms with E-state index in [1.165, 1.54) is 12.1 Å². The minimum absolute atomic E-state index is 0.0861. The van der Waals surface area contributed by atoms with Gasteiger partial charge in [-0.15, -0.1) is 0 Å². The van der Waals surface area contributed by atoms with Crippen molar-refractivity contribution < 1.29 is 22.4 Å². The van der Waals surface area contributed by atoms with Crippen molar-refractivity contribution >= 4 is 11.8 Å². The zero-order valence-corrected chi connectivity index (χ0v) is 18.9. The zero-order chi connectivity index (χ0) is 24.3. The van der Waals surface area contributed by atoms with Crippen LogP contribution in [0.15, 0.2) is 36.7 Å². The molecule has 1 atom stereocenters. The third kappa shape index (κ3) is 5.94. The number of carbonyl (C=O) groups is 1. The molecule has 3 heterocycles. The summed E-state index contributed by atoms with van der Waals surface area (Å²) in [6.45, 7) is 5.73. The summed E-state index contributed by atoms with van der Waals surface area (Å²) in [5.74, 6) is 0.126. The topological polar surface area (TPSA) is 64.6 Å². The second-order valence-electron chi connectivity index (χ2n) is 8.87. The number of halogens is 4. The van der Waals surface area contributed by atoms with Crippen LogP contribution in [-0.2, 0) is 12.7 Å². The lowest BCUT2D eigenvalue weighted by molar-refractivity contribution is -0.141. The third-order valence-electron chi connectivity index (χ3n) is 6.38. The highest BCUT2D eigenvalue weighted by Crippen LogP contribution is 2.27. The van der Waals surface area contributed by atoms with Crippen molar-refractivity contribution in [3.63, 3.8) is 0 Å². The van der Waals surface area contributed by atoms with Crippen LogP contribution in [-0.4, -0.2) is 70.6 Å². The summed E-state index contributed by atoms with van der Waals surface area (Å²) in [5, 5.41) is 3.13. The molecule has 1 N–H and O–H groups in total. The number of alkyl halides is 3. The van der Waals surface area contributed by atoms with Crippen LogP contribution in [0.5, 0.6) is 0 Å². The van der Waals surface area contributed by atoms with Gasteiger partial charge in [-0.2, -0.15) is 13.2 Å². The predicted octanol–water partition coefficient (Wildman–Crippen LogP) is 3.52. The van der Waals surface area contributed by atoms with Gasteiger partial charge in [-0.25, -0.2) is 19.2 Å². The Hall–Kier alpha value is -2.95. The number of amides is 2. The maximum Gasteiger partial charge on any atom is 0.434 e. The Morgan fingerprint density at radius 2 is 1.76 bits per heavy atom. The lowest BCUT2D eigenvalue weighted by Crippen LogP contribution is -2.58. The molecule has 2 fully saturated rings. The van der Waals surface area contributed by atoms with Gasteiger partial charge in [0, 0.05) is 51.4 Å². The number of hydrogen-bond acceptors (Lipinski definition) is 5. The molecule has 0 radical (unpaired) electrons. The van der Waals surface area contributed by atoms with Crippen molar-refractivity contribution in [2.45, 2.75) is 44.6 Å². The van der Waals surface area contributed by atoms with Gasteiger partial charge in [0.15, 0.2) is 5.69 Å². The fraction of sp³-hybridized carbons (Fsp3) is 0.522. The minimum Gasteiger partial charge on any atom is -0.352 e. The smallest absolute Gasteiger partial charge is 0.352 e. The first kappa shape index (κ1) is 24.2. The van der Waals surface area contributed by atoms with Crippen molar-refractivity contribution in [1.82, 2.24) is 25.1 Å². The molecule has 34 heavy (non-hydrogen) atoms. The molecule has 2 saturated heterocycles. The number of aromatic nitrogens is 2. The molecule has 2 aliphatic rings. The summed E-state index contributed by atoms with van der Waals surface area (Å²) < 4.78 is 51.2. The maximum absolute atomic E-state index is 13.1. The summed E-state index contributed by atoms with van der Waals surface area (Å²) in [4.78, 5) is 26.2. The predicted molar refractivity (Wildman–Crippen MR) is 119 cm³/mol. The fourth-order valence-corrected chi connectivity index (χ4v) is 4.44. The molecular weight excluding hydrogens is 452 g/mol. The van der Waals surface area contributed by atoms with Crippen LogP contribution in [0.1, 0.15) is 31.0 Å². The quantitative estimate of drug-likeness (QED) is 0.679. The van der Waals surface area contributed by atoms with E-state index in [1.54, 1.807) is 17.0 Å². The molecule has 1 aromatic heterocycles. The number of rotatable bonds is 4. The number of carbonyl (C=O) groups excluding carboxylic acids is 1. The number of piperazine rings is 1. The Labute approximate surface area is 195 Å².